The Morgan fingerprint density at radius 1 is 0.951 bits per heavy atom. The first kappa shape index (κ1) is 29.9. The van der Waals surface area contributed by atoms with Crippen LogP contribution >= 0.6 is 23.2 Å². The lowest BCUT2D eigenvalue weighted by molar-refractivity contribution is -0.145. The van der Waals surface area contributed by atoms with Gasteiger partial charge in [-0.15, -0.1) is 0 Å². The normalized spacial score (nSPS) is 15.1. The summed E-state index contributed by atoms with van der Waals surface area (Å²) >= 11 is 12.2. The first-order chi connectivity index (χ1) is 19.8. The smallest absolute Gasteiger partial charge is 0.412 e. The van der Waals surface area contributed by atoms with Crippen LogP contribution in [-0.2, 0) is 36.8 Å². The van der Waals surface area contributed by atoms with Gasteiger partial charge in [0.25, 0.3) is 5.91 Å². The van der Waals surface area contributed by atoms with Crippen LogP contribution in [0, 0.1) is 0 Å². The van der Waals surface area contributed by atoms with Crippen molar-refractivity contribution in [3.05, 3.63) is 99.5 Å². The van der Waals surface area contributed by atoms with E-state index in [1.54, 1.807) is 42.5 Å². The molecule has 0 aromatic heterocycles. The molecular weight excluding hydrogens is 573 g/mol. The molecule has 214 valence electrons. The molecule has 1 aliphatic heterocycles. The Balaban J connectivity index is 1.37. The second-order valence-corrected chi connectivity index (χ2v) is 9.88. The molecule has 4 rings (SSSR count). The first-order valence-corrected chi connectivity index (χ1v) is 13.3. The summed E-state index contributed by atoms with van der Waals surface area (Å²) in [5.74, 6) is -1.73. The Morgan fingerprint density at radius 2 is 1.63 bits per heavy atom. The molecule has 2 N–H and O–H groups in total. The van der Waals surface area contributed by atoms with Gasteiger partial charge in [-0.1, -0.05) is 71.7 Å². The predicted molar refractivity (Wildman–Crippen MR) is 152 cm³/mol. The molecule has 1 saturated heterocycles. The van der Waals surface area contributed by atoms with Gasteiger partial charge in [0.2, 0.25) is 5.91 Å². The number of hydrogen-bond acceptors (Lipinski definition) is 7. The third kappa shape index (κ3) is 7.75. The highest BCUT2D eigenvalue weighted by Gasteiger charge is 2.38. The molecule has 0 radical (unpaired) electrons. The Kier molecular flexibility index (Phi) is 10.2. The Morgan fingerprint density at radius 3 is 2.29 bits per heavy atom. The summed E-state index contributed by atoms with van der Waals surface area (Å²) < 4.78 is 15.6. The molecule has 0 bridgehead atoms. The number of carbonyl (C=O) groups excluding carboxylic acids is 4. The molecule has 2 unspecified atom stereocenters. The zero-order valence-electron chi connectivity index (χ0n) is 22.0. The average molecular weight is 600 g/mol. The van der Waals surface area contributed by atoms with Crippen molar-refractivity contribution in [1.29, 1.82) is 0 Å². The summed E-state index contributed by atoms with van der Waals surface area (Å²) in [6.45, 7) is -0.137. The monoisotopic (exact) mass is 599 g/mol. The molecule has 3 aromatic carbocycles. The fourth-order valence-electron chi connectivity index (χ4n) is 4.11. The van der Waals surface area contributed by atoms with Crippen molar-refractivity contribution < 1.29 is 33.4 Å². The van der Waals surface area contributed by atoms with E-state index in [1.807, 2.05) is 30.3 Å². The summed E-state index contributed by atoms with van der Waals surface area (Å²) in [4.78, 5) is 52.1. The van der Waals surface area contributed by atoms with Crippen LogP contribution in [0.4, 0.5) is 10.5 Å². The summed E-state index contributed by atoms with van der Waals surface area (Å²) in [6.07, 6.45) is -0.619. The minimum Gasteiger partial charge on any atom is -0.467 e. The largest absolute Gasteiger partial charge is 0.467 e. The standard InChI is InChI=1S/C29H27Cl2N3O7/c1-39-28(37)23(14-18-10-12-20(13-11-18)32-27(36)25-21(30)8-5-9-22(25)31)33-26(35)24-16-40-17-34(24)29(38)41-15-19-6-3-2-4-7-19/h2-13,23-24H,14-17H2,1H3,(H,32,36)(H,33,35). The highest BCUT2D eigenvalue weighted by Crippen LogP contribution is 2.25. The summed E-state index contributed by atoms with van der Waals surface area (Å²) in [7, 11) is 1.21. The van der Waals surface area contributed by atoms with Crippen molar-refractivity contribution in [2.24, 2.45) is 0 Å². The Hall–Kier alpha value is -4.12. The number of hydrogen-bond donors (Lipinski definition) is 2. The molecule has 12 heteroatoms. The summed E-state index contributed by atoms with van der Waals surface area (Å²) in [5, 5.41) is 5.83. The van der Waals surface area contributed by atoms with Crippen molar-refractivity contribution in [1.82, 2.24) is 10.2 Å². The lowest BCUT2D eigenvalue weighted by Crippen LogP contribution is -2.52. The predicted octanol–water partition coefficient (Wildman–Crippen LogP) is 4.44. The Bertz CT molecular complexity index is 1380. The van der Waals surface area contributed by atoms with E-state index in [2.05, 4.69) is 10.6 Å². The van der Waals surface area contributed by atoms with Crippen molar-refractivity contribution >= 4 is 52.8 Å². The van der Waals surface area contributed by atoms with E-state index in [-0.39, 0.29) is 42.0 Å². The molecule has 10 nitrogen and oxygen atoms in total. The topological polar surface area (TPSA) is 123 Å². The van der Waals surface area contributed by atoms with Gasteiger partial charge in [0.15, 0.2) is 0 Å². The van der Waals surface area contributed by atoms with E-state index in [0.29, 0.717) is 11.3 Å². The number of halogens is 2. The van der Waals surface area contributed by atoms with Crippen LogP contribution in [0.25, 0.3) is 0 Å². The summed E-state index contributed by atoms with van der Waals surface area (Å²) in [5.41, 5.74) is 2.10. The highest BCUT2D eigenvalue weighted by molar-refractivity contribution is 6.40. The van der Waals surface area contributed by atoms with Crippen LogP contribution in [0.15, 0.2) is 72.8 Å². The van der Waals surface area contributed by atoms with E-state index in [1.165, 1.54) is 7.11 Å². The lowest BCUT2D eigenvalue weighted by atomic mass is 10.0. The minimum absolute atomic E-state index is 0.0389. The maximum atomic E-state index is 13.1. The fraction of sp³-hybridized carbons (Fsp3) is 0.241. The van der Waals surface area contributed by atoms with Gasteiger partial charge in [-0.3, -0.25) is 14.5 Å². The number of methoxy groups -OCH3 is 1. The zero-order chi connectivity index (χ0) is 29.4. The van der Waals surface area contributed by atoms with Gasteiger partial charge < -0.3 is 24.8 Å². The van der Waals surface area contributed by atoms with Gasteiger partial charge in [-0.05, 0) is 35.4 Å². The molecule has 1 fully saturated rings. The van der Waals surface area contributed by atoms with Gasteiger partial charge in [0, 0.05) is 12.1 Å². The number of carbonyl (C=O) groups is 4. The van der Waals surface area contributed by atoms with Crippen LogP contribution in [0.1, 0.15) is 21.5 Å². The first-order valence-electron chi connectivity index (χ1n) is 12.5. The second-order valence-electron chi connectivity index (χ2n) is 9.06. The number of anilines is 1. The van der Waals surface area contributed by atoms with E-state index < -0.39 is 36.0 Å². The van der Waals surface area contributed by atoms with Crippen molar-refractivity contribution in [2.75, 3.05) is 25.8 Å². The van der Waals surface area contributed by atoms with Crippen LogP contribution in [-0.4, -0.2) is 61.3 Å². The number of benzene rings is 3. The van der Waals surface area contributed by atoms with Crippen LogP contribution < -0.4 is 10.6 Å². The number of nitrogens with one attached hydrogen (secondary N) is 2. The van der Waals surface area contributed by atoms with Gasteiger partial charge >= 0.3 is 12.1 Å². The van der Waals surface area contributed by atoms with Crippen molar-refractivity contribution in [2.45, 2.75) is 25.1 Å². The number of rotatable bonds is 9. The van der Waals surface area contributed by atoms with Crippen LogP contribution in [0.2, 0.25) is 10.0 Å². The second kappa shape index (κ2) is 14.0. The summed E-state index contributed by atoms with van der Waals surface area (Å²) in [6, 6.07) is 18.5. The maximum Gasteiger partial charge on any atom is 0.412 e. The van der Waals surface area contributed by atoms with Gasteiger partial charge in [0.1, 0.15) is 25.4 Å². The minimum atomic E-state index is -1.04. The molecule has 0 aliphatic carbocycles. The lowest BCUT2D eigenvalue weighted by Gasteiger charge is -2.24. The molecule has 0 spiro atoms. The van der Waals surface area contributed by atoms with Crippen molar-refractivity contribution in [3.8, 4) is 0 Å². The highest BCUT2D eigenvalue weighted by atomic mass is 35.5. The molecule has 3 aromatic rings. The number of nitrogens with zero attached hydrogens (tertiary/aromatic N) is 1. The van der Waals surface area contributed by atoms with Gasteiger partial charge in [-0.2, -0.15) is 0 Å². The molecule has 0 saturated carbocycles. The quantitative estimate of drug-likeness (QED) is 0.348. The molecule has 2 atom stereocenters. The van der Waals surface area contributed by atoms with E-state index in [0.717, 1.165) is 10.5 Å². The average Bonchev–Trinajstić information content (AvgIpc) is 3.47. The SMILES string of the molecule is COC(=O)C(Cc1ccc(NC(=O)c2c(Cl)cccc2Cl)cc1)NC(=O)C1COCN1C(=O)OCc1ccccc1. The van der Waals surface area contributed by atoms with Crippen molar-refractivity contribution in [3.63, 3.8) is 0 Å². The number of esters is 1. The Labute approximate surface area is 246 Å². The van der Waals surface area contributed by atoms with Crippen LogP contribution in [0.5, 0.6) is 0 Å². The van der Waals surface area contributed by atoms with Crippen LogP contribution in [0.3, 0.4) is 0 Å². The fourth-order valence-corrected chi connectivity index (χ4v) is 4.68. The number of ether oxygens (including phenoxy) is 3. The van der Waals surface area contributed by atoms with Gasteiger partial charge in [0.05, 0.1) is 29.3 Å². The third-order valence-electron chi connectivity index (χ3n) is 6.27. The molecule has 1 aliphatic rings. The molecule has 1 heterocycles. The maximum absolute atomic E-state index is 13.1. The van der Waals surface area contributed by atoms with E-state index in [9.17, 15) is 19.2 Å². The molecule has 3 amide bonds. The van der Waals surface area contributed by atoms with E-state index in [4.69, 9.17) is 37.4 Å². The van der Waals surface area contributed by atoms with Gasteiger partial charge in [-0.25, -0.2) is 9.59 Å². The molecular formula is C29H27Cl2N3O7. The third-order valence-corrected chi connectivity index (χ3v) is 6.90. The number of amides is 3. The zero-order valence-corrected chi connectivity index (χ0v) is 23.5. The van der Waals surface area contributed by atoms with E-state index >= 15 is 0 Å². The molecule has 41 heavy (non-hydrogen) atoms.